The summed E-state index contributed by atoms with van der Waals surface area (Å²) in [4.78, 5) is 16.3. The molecule has 1 amide bonds. The van der Waals surface area contributed by atoms with Gasteiger partial charge in [0.15, 0.2) is 11.6 Å². The molecular weight excluding hydrogens is 354 g/mol. The highest BCUT2D eigenvalue weighted by atomic mass is 19.1. The molecule has 2 aromatic rings. The van der Waals surface area contributed by atoms with Gasteiger partial charge in [-0.05, 0) is 29.8 Å². The van der Waals surface area contributed by atoms with Crippen LogP contribution in [0.2, 0.25) is 0 Å². The van der Waals surface area contributed by atoms with Gasteiger partial charge in [-0.2, -0.15) is 0 Å². The molecule has 2 aromatic carbocycles. The summed E-state index contributed by atoms with van der Waals surface area (Å²) in [5.41, 5.74) is 0.885. The summed E-state index contributed by atoms with van der Waals surface area (Å²) in [5, 5.41) is 0. The monoisotopic (exact) mass is 376 g/mol. The molecule has 27 heavy (non-hydrogen) atoms. The van der Waals surface area contributed by atoms with E-state index in [1.165, 1.54) is 32.4 Å². The second-order valence-electron chi connectivity index (χ2n) is 6.38. The van der Waals surface area contributed by atoms with E-state index in [0.29, 0.717) is 38.5 Å². The van der Waals surface area contributed by atoms with Crippen LogP contribution in [0.5, 0.6) is 11.5 Å². The SMILES string of the molecule is COc1ccc(C(=O)N2CCN(Cc3ccc(OC)c(F)c3)CC2)c(F)c1. The highest BCUT2D eigenvalue weighted by molar-refractivity contribution is 5.94. The number of benzene rings is 2. The van der Waals surface area contributed by atoms with E-state index in [2.05, 4.69) is 4.90 Å². The number of amides is 1. The quantitative estimate of drug-likeness (QED) is 0.805. The number of hydrogen-bond acceptors (Lipinski definition) is 4. The van der Waals surface area contributed by atoms with Crippen molar-refractivity contribution in [3.05, 3.63) is 59.2 Å². The summed E-state index contributed by atoms with van der Waals surface area (Å²) in [6.45, 7) is 2.83. The van der Waals surface area contributed by atoms with Gasteiger partial charge in [-0.15, -0.1) is 0 Å². The normalized spacial score (nSPS) is 14.9. The summed E-state index contributed by atoms with van der Waals surface area (Å²) in [6.07, 6.45) is 0. The molecule has 1 fully saturated rings. The van der Waals surface area contributed by atoms with Crippen LogP contribution >= 0.6 is 0 Å². The number of piperazine rings is 1. The number of nitrogens with zero attached hydrogens (tertiary/aromatic N) is 2. The van der Waals surface area contributed by atoms with Crippen LogP contribution in [0.15, 0.2) is 36.4 Å². The summed E-state index contributed by atoms with van der Waals surface area (Å²) in [6, 6.07) is 9.13. The molecule has 7 heteroatoms. The molecule has 3 rings (SSSR count). The van der Waals surface area contributed by atoms with Crippen LogP contribution < -0.4 is 9.47 Å². The number of methoxy groups -OCH3 is 2. The van der Waals surface area contributed by atoms with Crippen LogP contribution in [0.4, 0.5) is 8.78 Å². The lowest BCUT2D eigenvalue weighted by atomic mass is 10.1. The van der Waals surface area contributed by atoms with Crippen molar-refractivity contribution >= 4 is 5.91 Å². The van der Waals surface area contributed by atoms with Crippen LogP contribution in [0.25, 0.3) is 0 Å². The molecule has 0 aromatic heterocycles. The number of halogens is 2. The van der Waals surface area contributed by atoms with E-state index in [0.717, 1.165) is 5.56 Å². The Balaban J connectivity index is 1.58. The van der Waals surface area contributed by atoms with E-state index in [-0.39, 0.29) is 17.2 Å². The summed E-state index contributed by atoms with van der Waals surface area (Å²) >= 11 is 0. The highest BCUT2D eigenvalue weighted by Crippen LogP contribution is 2.21. The van der Waals surface area contributed by atoms with Crippen LogP contribution in [0, 0.1) is 11.6 Å². The van der Waals surface area contributed by atoms with Gasteiger partial charge in [0.1, 0.15) is 11.6 Å². The fourth-order valence-corrected chi connectivity index (χ4v) is 3.14. The van der Waals surface area contributed by atoms with E-state index in [4.69, 9.17) is 9.47 Å². The molecule has 0 radical (unpaired) electrons. The van der Waals surface area contributed by atoms with Gasteiger partial charge in [0.2, 0.25) is 0 Å². The van der Waals surface area contributed by atoms with E-state index in [1.54, 1.807) is 17.0 Å². The lowest BCUT2D eigenvalue weighted by Crippen LogP contribution is -2.48. The molecule has 0 spiro atoms. The topological polar surface area (TPSA) is 42.0 Å². The lowest BCUT2D eigenvalue weighted by molar-refractivity contribution is 0.0624. The molecule has 0 unspecified atom stereocenters. The summed E-state index contributed by atoms with van der Waals surface area (Å²) in [7, 11) is 2.88. The third-order valence-electron chi connectivity index (χ3n) is 4.69. The Morgan fingerprint density at radius 3 is 2.30 bits per heavy atom. The van der Waals surface area contributed by atoms with E-state index in [9.17, 15) is 13.6 Å². The first-order chi connectivity index (χ1) is 13.0. The maximum atomic E-state index is 14.1. The van der Waals surface area contributed by atoms with Crippen LogP contribution in [-0.2, 0) is 6.54 Å². The standard InChI is InChI=1S/C20H22F2N2O3/c1-26-15-4-5-16(17(21)12-15)20(25)24-9-7-23(8-10-24)13-14-3-6-19(27-2)18(22)11-14/h3-6,11-12H,7-10,13H2,1-2H3. The van der Waals surface area contributed by atoms with E-state index >= 15 is 0 Å². The Hall–Kier alpha value is -2.67. The molecule has 5 nitrogen and oxygen atoms in total. The molecule has 0 N–H and O–H groups in total. The van der Waals surface area contributed by atoms with Crippen molar-refractivity contribution in [1.29, 1.82) is 0 Å². The first-order valence-corrected chi connectivity index (χ1v) is 8.69. The second-order valence-corrected chi connectivity index (χ2v) is 6.38. The van der Waals surface area contributed by atoms with Crippen molar-refractivity contribution in [3.63, 3.8) is 0 Å². The first-order valence-electron chi connectivity index (χ1n) is 8.69. The third-order valence-corrected chi connectivity index (χ3v) is 4.69. The molecule has 0 aliphatic carbocycles. The molecule has 144 valence electrons. The first kappa shape index (κ1) is 19.1. The Morgan fingerprint density at radius 2 is 1.70 bits per heavy atom. The molecule has 1 saturated heterocycles. The Morgan fingerprint density at radius 1 is 0.963 bits per heavy atom. The van der Waals surface area contributed by atoms with Crippen LogP contribution in [0.3, 0.4) is 0 Å². The lowest BCUT2D eigenvalue weighted by Gasteiger charge is -2.34. The van der Waals surface area contributed by atoms with Crippen molar-refractivity contribution in [2.75, 3.05) is 40.4 Å². The average Bonchev–Trinajstić information content (AvgIpc) is 2.68. The van der Waals surface area contributed by atoms with Gasteiger partial charge in [0.25, 0.3) is 5.91 Å². The minimum atomic E-state index is -0.588. The van der Waals surface area contributed by atoms with Gasteiger partial charge < -0.3 is 14.4 Å². The van der Waals surface area contributed by atoms with Crippen molar-refractivity contribution < 1.29 is 23.0 Å². The number of carbonyl (C=O) groups excluding carboxylic acids is 1. The van der Waals surface area contributed by atoms with E-state index < -0.39 is 11.6 Å². The molecular formula is C20H22F2N2O3. The summed E-state index contributed by atoms with van der Waals surface area (Å²) in [5.74, 6) is -0.712. The van der Waals surface area contributed by atoms with Crippen LogP contribution in [-0.4, -0.2) is 56.1 Å². The zero-order chi connectivity index (χ0) is 19.4. The van der Waals surface area contributed by atoms with Gasteiger partial charge in [0, 0.05) is 38.8 Å². The van der Waals surface area contributed by atoms with Crippen molar-refractivity contribution in [2.24, 2.45) is 0 Å². The molecule has 0 saturated carbocycles. The minimum absolute atomic E-state index is 0.0430. The highest BCUT2D eigenvalue weighted by Gasteiger charge is 2.24. The predicted octanol–water partition coefficient (Wildman–Crippen LogP) is 2.94. The van der Waals surface area contributed by atoms with Crippen molar-refractivity contribution in [2.45, 2.75) is 6.54 Å². The Labute approximate surface area is 157 Å². The smallest absolute Gasteiger partial charge is 0.256 e. The van der Waals surface area contributed by atoms with Crippen LogP contribution in [0.1, 0.15) is 15.9 Å². The zero-order valence-corrected chi connectivity index (χ0v) is 15.4. The van der Waals surface area contributed by atoms with E-state index in [1.807, 2.05) is 6.07 Å². The maximum Gasteiger partial charge on any atom is 0.256 e. The number of hydrogen-bond donors (Lipinski definition) is 0. The van der Waals surface area contributed by atoms with Crippen molar-refractivity contribution in [1.82, 2.24) is 9.80 Å². The number of carbonyl (C=O) groups is 1. The Kier molecular flexibility index (Phi) is 5.91. The molecule has 0 bridgehead atoms. The number of ether oxygens (including phenoxy) is 2. The fraction of sp³-hybridized carbons (Fsp3) is 0.350. The van der Waals surface area contributed by atoms with Crippen molar-refractivity contribution in [3.8, 4) is 11.5 Å². The number of rotatable bonds is 5. The molecule has 1 aliphatic rings. The van der Waals surface area contributed by atoms with Gasteiger partial charge in [-0.25, -0.2) is 8.78 Å². The molecule has 1 aliphatic heterocycles. The van der Waals surface area contributed by atoms with Gasteiger partial charge >= 0.3 is 0 Å². The largest absolute Gasteiger partial charge is 0.497 e. The van der Waals surface area contributed by atoms with Gasteiger partial charge in [-0.3, -0.25) is 9.69 Å². The van der Waals surface area contributed by atoms with Gasteiger partial charge in [-0.1, -0.05) is 6.07 Å². The fourth-order valence-electron chi connectivity index (χ4n) is 3.14. The predicted molar refractivity (Wildman–Crippen MR) is 97.1 cm³/mol. The second kappa shape index (κ2) is 8.35. The third kappa shape index (κ3) is 4.36. The average molecular weight is 376 g/mol. The Bertz CT molecular complexity index is 821. The maximum absolute atomic E-state index is 14.1. The molecule has 1 heterocycles. The molecule has 0 atom stereocenters. The summed E-state index contributed by atoms with van der Waals surface area (Å²) < 4.78 is 37.8. The van der Waals surface area contributed by atoms with Gasteiger partial charge in [0.05, 0.1) is 19.8 Å². The minimum Gasteiger partial charge on any atom is -0.497 e. The zero-order valence-electron chi connectivity index (χ0n) is 15.4.